The predicted molar refractivity (Wildman–Crippen MR) is 106 cm³/mol. The van der Waals surface area contributed by atoms with Crippen LogP contribution >= 0.6 is 0 Å². The first-order chi connectivity index (χ1) is 11.8. The largest absolute Gasteiger partial charge is 0.366 e. The van der Waals surface area contributed by atoms with Crippen molar-refractivity contribution in [3.63, 3.8) is 0 Å². The maximum absolute atomic E-state index is 10.7. The molecule has 0 radical (unpaired) electrons. The molecule has 0 aliphatic heterocycles. The molecule has 0 heterocycles. The highest BCUT2D eigenvalue weighted by Gasteiger charge is 2.05. The van der Waals surface area contributed by atoms with Crippen molar-refractivity contribution in [3.8, 4) is 0 Å². The Morgan fingerprint density at radius 2 is 1.64 bits per heavy atom. The summed E-state index contributed by atoms with van der Waals surface area (Å²) in [7, 11) is 4.02. The lowest BCUT2D eigenvalue weighted by atomic mass is 10.2. The smallest absolute Gasteiger partial charge is 0.244 e. The number of hydrogen-bond donors (Lipinski definition) is 2. The van der Waals surface area contributed by atoms with Crippen LogP contribution in [0.2, 0.25) is 0 Å². The lowest BCUT2D eigenvalue weighted by Crippen LogP contribution is -2.26. The van der Waals surface area contributed by atoms with Crippen LogP contribution in [0.15, 0.2) is 50.1 Å². The van der Waals surface area contributed by atoms with E-state index in [9.17, 15) is 9.59 Å². The van der Waals surface area contributed by atoms with E-state index in [0.717, 1.165) is 39.1 Å². The standard InChI is InChI=1S/C11H18N2O.C8H16N2O/c1-4-7-13(8-5-2)9-6-10(3)11(12)14;1-4-8(11)9-6-5-7-10(2)3/h4-5H,1-3,6-9H2,(H2,12,14);4H,1,5-7H2,2-3H3,(H,9,11). The normalized spacial score (nSPS) is 9.76. The van der Waals surface area contributed by atoms with Gasteiger partial charge in [-0.3, -0.25) is 14.5 Å². The molecule has 0 fully saturated rings. The van der Waals surface area contributed by atoms with Gasteiger partial charge in [-0.1, -0.05) is 25.3 Å². The second-order valence-corrected chi connectivity index (χ2v) is 5.71. The van der Waals surface area contributed by atoms with Crippen molar-refractivity contribution in [2.75, 3.05) is 46.8 Å². The molecule has 0 aromatic heterocycles. The number of hydrogen-bond acceptors (Lipinski definition) is 4. The lowest BCUT2D eigenvalue weighted by Gasteiger charge is -2.18. The first-order valence-corrected chi connectivity index (χ1v) is 8.25. The number of nitrogens with one attached hydrogen (secondary N) is 1. The van der Waals surface area contributed by atoms with Crippen molar-refractivity contribution >= 4 is 11.8 Å². The van der Waals surface area contributed by atoms with Crippen LogP contribution in [0.4, 0.5) is 0 Å². The van der Waals surface area contributed by atoms with Gasteiger partial charge < -0.3 is 16.0 Å². The maximum atomic E-state index is 10.7. The second-order valence-electron chi connectivity index (χ2n) is 5.71. The van der Waals surface area contributed by atoms with E-state index in [1.165, 1.54) is 6.08 Å². The number of amides is 2. The minimum atomic E-state index is -0.429. The number of nitrogens with zero attached hydrogens (tertiary/aromatic N) is 2. The summed E-state index contributed by atoms with van der Waals surface area (Å²) in [5, 5.41) is 2.70. The van der Waals surface area contributed by atoms with E-state index in [2.05, 4.69) is 41.4 Å². The molecule has 6 heteroatoms. The molecule has 0 saturated heterocycles. The van der Waals surface area contributed by atoms with Crippen molar-refractivity contribution in [3.05, 3.63) is 50.1 Å². The van der Waals surface area contributed by atoms with E-state index < -0.39 is 5.91 Å². The van der Waals surface area contributed by atoms with Gasteiger partial charge in [-0.2, -0.15) is 0 Å². The first-order valence-electron chi connectivity index (χ1n) is 8.25. The molecule has 3 N–H and O–H groups in total. The van der Waals surface area contributed by atoms with Gasteiger partial charge in [0.25, 0.3) is 0 Å². The third-order valence-corrected chi connectivity index (χ3v) is 3.12. The van der Waals surface area contributed by atoms with E-state index in [4.69, 9.17) is 5.73 Å². The summed E-state index contributed by atoms with van der Waals surface area (Å²) in [5.74, 6) is -0.522. The van der Waals surface area contributed by atoms with Gasteiger partial charge >= 0.3 is 0 Å². The number of carbonyl (C=O) groups is 2. The van der Waals surface area contributed by atoms with E-state index in [-0.39, 0.29) is 5.91 Å². The second kappa shape index (κ2) is 16.7. The zero-order chi connectivity index (χ0) is 19.7. The number of primary amides is 1. The highest BCUT2D eigenvalue weighted by molar-refractivity contribution is 5.91. The van der Waals surface area contributed by atoms with Crippen LogP contribution in [0, 0.1) is 0 Å². The monoisotopic (exact) mass is 350 g/mol. The van der Waals surface area contributed by atoms with E-state index in [1.54, 1.807) is 0 Å². The van der Waals surface area contributed by atoms with Gasteiger partial charge in [-0.05, 0) is 39.6 Å². The summed E-state index contributed by atoms with van der Waals surface area (Å²) in [6, 6.07) is 0. The maximum Gasteiger partial charge on any atom is 0.244 e. The highest BCUT2D eigenvalue weighted by atomic mass is 16.1. The molecule has 0 unspecified atom stereocenters. The molecule has 0 spiro atoms. The van der Waals surface area contributed by atoms with Gasteiger partial charge in [0.15, 0.2) is 0 Å². The zero-order valence-electron chi connectivity index (χ0n) is 15.8. The first kappa shape index (κ1) is 25.1. The molecule has 0 aromatic rings. The molecule has 0 bridgehead atoms. The van der Waals surface area contributed by atoms with E-state index in [0.29, 0.717) is 12.0 Å². The molecule has 142 valence electrons. The number of rotatable bonds is 13. The Kier molecular flexibility index (Phi) is 16.7. The lowest BCUT2D eigenvalue weighted by molar-refractivity contribution is -0.116. The molecule has 25 heavy (non-hydrogen) atoms. The molecular weight excluding hydrogens is 316 g/mol. The molecule has 0 atom stereocenters. The predicted octanol–water partition coefficient (Wildman–Crippen LogP) is 1.33. The Labute approximate surface area is 152 Å². The summed E-state index contributed by atoms with van der Waals surface area (Å²) in [4.78, 5) is 25.5. The van der Waals surface area contributed by atoms with E-state index in [1.807, 2.05) is 26.2 Å². The van der Waals surface area contributed by atoms with E-state index >= 15 is 0 Å². The third kappa shape index (κ3) is 18.0. The summed E-state index contributed by atoms with van der Waals surface area (Å²) < 4.78 is 0. The van der Waals surface area contributed by atoms with Crippen LogP contribution in [0.3, 0.4) is 0 Å². The van der Waals surface area contributed by atoms with Gasteiger partial charge in [0, 0.05) is 31.8 Å². The molecule has 0 saturated carbocycles. The molecule has 0 aliphatic carbocycles. The molecular formula is C19H34N4O2. The van der Waals surface area contributed by atoms with Crippen LogP contribution in [-0.2, 0) is 9.59 Å². The fourth-order valence-electron chi connectivity index (χ4n) is 1.72. The van der Waals surface area contributed by atoms with Gasteiger partial charge in [0.05, 0.1) is 0 Å². The van der Waals surface area contributed by atoms with Gasteiger partial charge in [0.2, 0.25) is 11.8 Å². The molecule has 2 amide bonds. The summed E-state index contributed by atoms with van der Waals surface area (Å²) in [6.45, 7) is 18.3. The van der Waals surface area contributed by atoms with Gasteiger partial charge in [-0.15, -0.1) is 13.2 Å². The molecule has 0 rings (SSSR count). The minimum Gasteiger partial charge on any atom is -0.366 e. The van der Waals surface area contributed by atoms with Crippen molar-refractivity contribution in [2.24, 2.45) is 5.73 Å². The Hall–Kier alpha value is -2.18. The van der Waals surface area contributed by atoms with Crippen molar-refractivity contribution in [2.45, 2.75) is 12.8 Å². The third-order valence-electron chi connectivity index (χ3n) is 3.12. The highest BCUT2D eigenvalue weighted by Crippen LogP contribution is 2.00. The Morgan fingerprint density at radius 1 is 1.08 bits per heavy atom. The van der Waals surface area contributed by atoms with Crippen LogP contribution < -0.4 is 11.1 Å². The molecule has 6 nitrogen and oxygen atoms in total. The minimum absolute atomic E-state index is 0.0937. The molecule has 0 aliphatic rings. The summed E-state index contributed by atoms with van der Waals surface area (Å²) >= 11 is 0. The topological polar surface area (TPSA) is 78.7 Å². The average molecular weight is 351 g/mol. The van der Waals surface area contributed by atoms with Crippen molar-refractivity contribution < 1.29 is 9.59 Å². The molecule has 0 aromatic carbocycles. The Bertz CT molecular complexity index is 435. The van der Waals surface area contributed by atoms with Crippen LogP contribution in [0.25, 0.3) is 0 Å². The van der Waals surface area contributed by atoms with Gasteiger partial charge in [-0.25, -0.2) is 0 Å². The van der Waals surface area contributed by atoms with Crippen LogP contribution in [0.5, 0.6) is 0 Å². The number of carbonyl (C=O) groups excluding carboxylic acids is 2. The van der Waals surface area contributed by atoms with Crippen molar-refractivity contribution in [1.29, 1.82) is 0 Å². The van der Waals surface area contributed by atoms with Crippen LogP contribution in [-0.4, -0.2) is 68.4 Å². The zero-order valence-corrected chi connectivity index (χ0v) is 15.8. The fourth-order valence-corrected chi connectivity index (χ4v) is 1.72. The average Bonchev–Trinajstić information content (AvgIpc) is 2.56. The van der Waals surface area contributed by atoms with Crippen LogP contribution in [0.1, 0.15) is 12.8 Å². The number of nitrogens with two attached hydrogens (primary N) is 1. The summed E-state index contributed by atoms with van der Waals surface area (Å²) in [6.07, 6.45) is 6.49. The van der Waals surface area contributed by atoms with Crippen molar-refractivity contribution in [1.82, 2.24) is 15.1 Å². The fraction of sp³-hybridized carbons (Fsp3) is 0.474. The quantitative estimate of drug-likeness (QED) is 0.298. The Morgan fingerprint density at radius 3 is 2.04 bits per heavy atom. The summed E-state index contributed by atoms with van der Waals surface area (Å²) in [5.41, 5.74) is 5.53. The SMILES string of the molecule is C=CC(=O)NCCCN(C)C.C=CCN(CC=C)CCC(=C)C(N)=O. The Balaban J connectivity index is 0. The van der Waals surface area contributed by atoms with Gasteiger partial charge in [0.1, 0.15) is 0 Å².